The summed E-state index contributed by atoms with van der Waals surface area (Å²) in [6.07, 6.45) is -1.72. The van der Waals surface area contributed by atoms with Gasteiger partial charge in [0, 0.05) is 6.07 Å². The van der Waals surface area contributed by atoms with Crippen molar-refractivity contribution < 1.29 is 41.0 Å². The Bertz CT molecular complexity index is 1430. The van der Waals surface area contributed by atoms with Gasteiger partial charge in [0.25, 0.3) is 11.7 Å². The molecule has 2 aromatic heterocycles. The minimum atomic E-state index is -5.19. The number of carboxylic acid groups (broad SMARTS) is 1. The van der Waals surface area contributed by atoms with Crippen LogP contribution in [-0.2, 0) is 10.3 Å². The largest absolute Gasteiger partial charge is 0.542 e. The second kappa shape index (κ2) is 9.40. The van der Waals surface area contributed by atoms with Gasteiger partial charge in [-0.1, -0.05) is 36.4 Å². The van der Waals surface area contributed by atoms with E-state index in [1.807, 2.05) is 36.4 Å². The van der Waals surface area contributed by atoms with E-state index in [2.05, 4.69) is 10.3 Å². The van der Waals surface area contributed by atoms with Crippen molar-refractivity contribution in [1.29, 1.82) is 0 Å². The molecule has 0 bridgehead atoms. The number of amides is 1. The number of fused-ring (bicyclic) bond motifs is 1. The summed E-state index contributed by atoms with van der Waals surface area (Å²) in [5.74, 6) is -4.23. The third-order valence-corrected chi connectivity index (χ3v) is 5.67. The minimum Gasteiger partial charge on any atom is -0.542 e. The molecule has 2 heterocycles. The molecule has 5 rings (SSSR count). The maximum atomic E-state index is 14.4. The van der Waals surface area contributed by atoms with Crippen LogP contribution in [0.15, 0.2) is 72.9 Å². The summed E-state index contributed by atoms with van der Waals surface area (Å²) >= 11 is 0. The van der Waals surface area contributed by atoms with Crippen LogP contribution in [0.2, 0.25) is 0 Å². The maximum Gasteiger partial charge on any atom is 0.430 e. The first-order valence-electron chi connectivity index (χ1n) is 10.7. The highest BCUT2D eigenvalue weighted by Crippen LogP contribution is 2.45. The number of aromatic nitrogens is 2. The number of hydrogen-bond donors (Lipinski definition) is 2. The van der Waals surface area contributed by atoms with Gasteiger partial charge in [0.2, 0.25) is 5.69 Å². The van der Waals surface area contributed by atoms with Gasteiger partial charge in [-0.2, -0.15) is 17.6 Å². The number of carbonyl (C=O) groups is 2. The van der Waals surface area contributed by atoms with Crippen molar-refractivity contribution in [3.63, 3.8) is 0 Å². The molecule has 1 aliphatic carbocycles. The number of rotatable bonds is 4. The van der Waals surface area contributed by atoms with Gasteiger partial charge in [-0.25, -0.2) is 13.8 Å². The van der Waals surface area contributed by atoms with Crippen molar-refractivity contribution in [2.45, 2.75) is 24.6 Å². The number of hydrogen-bond acceptors (Lipinski definition) is 3. The van der Waals surface area contributed by atoms with Gasteiger partial charge >= 0.3 is 6.18 Å². The van der Waals surface area contributed by atoms with Crippen molar-refractivity contribution in [2.24, 2.45) is 0 Å². The summed E-state index contributed by atoms with van der Waals surface area (Å²) in [6.45, 7) is 0. The fraction of sp³-hybridized carbons (Fsp3) is 0.160. The summed E-state index contributed by atoms with van der Waals surface area (Å²) in [5.41, 5.74) is 1.85. The van der Waals surface area contributed by atoms with Crippen molar-refractivity contribution in [1.82, 2.24) is 10.3 Å². The average molecular weight is 503 g/mol. The zero-order valence-electron chi connectivity index (χ0n) is 18.4. The molecule has 4 aromatic rings. The highest BCUT2D eigenvalue weighted by molar-refractivity contribution is 5.99. The first-order chi connectivity index (χ1) is 17.0. The van der Waals surface area contributed by atoms with Crippen LogP contribution in [0.4, 0.5) is 22.0 Å². The highest BCUT2D eigenvalue weighted by Gasteiger charge is 2.46. The maximum absolute atomic E-state index is 14.4. The molecular weight excluding hydrogens is 485 g/mol. The van der Waals surface area contributed by atoms with Crippen LogP contribution in [0.3, 0.4) is 0 Å². The molecule has 186 valence electrons. The molecule has 0 unspecified atom stereocenters. The average Bonchev–Trinajstić information content (AvgIpc) is 3.51. The molecule has 1 saturated carbocycles. The zero-order chi connectivity index (χ0) is 26.1. The summed E-state index contributed by atoms with van der Waals surface area (Å²) in [6, 6.07) is 18.7. The standard InChI is InChI=1S/C23H17F2N3O.C2HF3O2/c24-16-9-10-17(18(25)14-16)21-26-20(19-8-4-5-13-28(19)21)22(29)27-23(11-12-23)15-6-2-1-3-7-15;3-2(4,5)1(6)7/h1-10,13-14H,11-12H2,(H,27,29);(H,6,7). The van der Waals surface area contributed by atoms with Crippen LogP contribution < -0.4 is 14.8 Å². The van der Waals surface area contributed by atoms with Gasteiger partial charge in [0.05, 0.1) is 11.7 Å². The van der Waals surface area contributed by atoms with Crippen LogP contribution >= 0.6 is 0 Å². The van der Waals surface area contributed by atoms with E-state index >= 15 is 0 Å². The fourth-order valence-electron chi connectivity index (χ4n) is 3.78. The number of nitrogens with one attached hydrogen (secondary N) is 2. The molecule has 2 aromatic carbocycles. The topological polar surface area (TPSA) is 89.1 Å². The third-order valence-electron chi connectivity index (χ3n) is 5.67. The van der Waals surface area contributed by atoms with E-state index in [1.165, 1.54) is 12.1 Å². The Balaban J connectivity index is 0.000000384. The zero-order valence-corrected chi connectivity index (χ0v) is 18.4. The van der Waals surface area contributed by atoms with Crippen molar-refractivity contribution >= 4 is 17.4 Å². The molecule has 0 aliphatic heterocycles. The number of pyridine rings is 1. The number of benzene rings is 2. The summed E-state index contributed by atoms with van der Waals surface area (Å²) in [7, 11) is 0. The molecule has 0 atom stereocenters. The quantitative estimate of drug-likeness (QED) is 0.331. The van der Waals surface area contributed by atoms with E-state index in [9.17, 15) is 26.7 Å². The van der Waals surface area contributed by atoms with Gasteiger partial charge in [-0.3, -0.25) is 4.79 Å². The second-order valence-electron chi connectivity index (χ2n) is 8.12. The number of alkyl halides is 3. The molecule has 11 heteroatoms. The first kappa shape index (κ1) is 24.8. The second-order valence-corrected chi connectivity index (χ2v) is 8.12. The van der Waals surface area contributed by atoms with Crippen LogP contribution in [0.25, 0.3) is 16.9 Å². The number of carbonyl (C=O) groups excluding carboxylic acids is 2. The Morgan fingerprint density at radius 3 is 2.19 bits per heavy atom. The van der Waals surface area contributed by atoms with Crippen LogP contribution in [0.5, 0.6) is 0 Å². The normalized spacial score (nSPS) is 14.0. The molecule has 6 nitrogen and oxygen atoms in total. The van der Waals surface area contributed by atoms with E-state index < -0.39 is 23.8 Å². The Morgan fingerprint density at radius 2 is 1.61 bits per heavy atom. The molecular formula is C25H18F5N3O3. The Kier molecular flexibility index (Phi) is 6.49. The Hall–Kier alpha value is -4.28. The van der Waals surface area contributed by atoms with Gasteiger partial charge < -0.3 is 15.2 Å². The minimum absolute atomic E-state index is 0.191. The van der Waals surface area contributed by atoms with Gasteiger partial charge in [0.15, 0.2) is 5.52 Å². The van der Waals surface area contributed by atoms with Gasteiger partial charge in [0.1, 0.15) is 23.2 Å². The number of imidazole rings is 1. The smallest absolute Gasteiger partial charge is 0.430 e. The van der Waals surface area contributed by atoms with Crippen molar-refractivity contribution in [3.05, 3.63) is 95.8 Å². The number of nitrogens with zero attached hydrogens (tertiary/aromatic N) is 1. The van der Waals surface area contributed by atoms with Crippen molar-refractivity contribution in [3.8, 4) is 11.4 Å². The van der Waals surface area contributed by atoms with Crippen LogP contribution in [0.1, 0.15) is 28.9 Å². The lowest BCUT2D eigenvalue weighted by atomic mass is 10.0. The number of H-pyrrole nitrogens is 1. The van der Waals surface area contributed by atoms with Crippen LogP contribution in [-0.4, -0.2) is 23.0 Å². The Morgan fingerprint density at radius 1 is 0.972 bits per heavy atom. The van der Waals surface area contributed by atoms with Gasteiger partial charge in [-0.05, 0) is 42.7 Å². The number of aromatic amines is 1. The molecule has 2 N–H and O–H groups in total. The highest BCUT2D eigenvalue weighted by atomic mass is 19.4. The monoisotopic (exact) mass is 503 g/mol. The van der Waals surface area contributed by atoms with Crippen LogP contribution in [0, 0.1) is 11.6 Å². The molecule has 1 fully saturated rings. The van der Waals surface area contributed by atoms with Gasteiger partial charge in [-0.15, -0.1) is 0 Å². The van der Waals surface area contributed by atoms with Crippen molar-refractivity contribution in [2.75, 3.05) is 0 Å². The number of aliphatic carboxylic acids is 1. The van der Waals surface area contributed by atoms with E-state index in [1.54, 1.807) is 22.7 Å². The van der Waals surface area contributed by atoms with E-state index in [4.69, 9.17) is 9.90 Å². The fourth-order valence-corrected chi connectivity index (χ4v) is 3.78. The molecule has 0 radical (unpaired) electrons. The molecule has 1 amide bonds. The summed E-state index contributed by atoms with van der Waals surface area (Å²) in [5, 5.41) is 11.9. The van der Waals surface area contributed by atoms with E-state index in [0.29, 0.717) is 17.0 Å². The summed E-state index contributed by atoms with van der Waals surface area (Å²) in [4.78, 5) is 25.0. The number of carboxylic acids is 1. The predicted octanol–water partition coefficient (Wildman–Crippen LogP) is 3.42. The lowest BCUT2D eigenvalue weighted by molar-refractivity contribution is -0.498. The molecule has 0 spiro atoms. The Labute approximate surface area is 201 Å². The van der Waals surface area contributed by atoms with E-state index in [0.717, 1.165) is 24.5 Å². The number of halogens is 5. The van der Waals surface area contributed by atoms with E-state index in [-0.39, 0.29) is 17.0 Å². The third kappa shape index (κ3) is 5.04. The first-order valence-corrected chi connectivity index (χ1v) is 10.7. The SMILES string of the molecule is O=C(NC1(c2ccccc2)CC1)c1[nH]c(-c2ccc(F)cc2F)[n+]2ccccc12.O=C([O-])C(F)(F)F. The lowest BCUT2D eigenvalue weighted by Crippen LogP contribution is -2.37. The summed E-state index contributed by atoms with van der Waals surface area (Å²) < 4.78 is 61.0. The molecule has 1 aliphatic rings. The predicted molar refractivity (Wildman–Crippen MR) is 115 cm³/mol. The lowest BCUT2D eigenvalue weighted by Gasteiger charge is -2.16. The molecule has 36 heavy (non-hydrogen) atoms. The molecule has 0 saturated heterocycles.